The lowest BCUT2D eigenvalue weighted by Gasteiger charge is -2.06. The van der Waals surface area contributed by atoms with Gasteiger partial charge in [0.1, 0.15) is 12.0 Å². The van der Waals surface area contributed by atoms with Crippen molar-refractivity contribution in [2.75, 3.05) is 12.3 Å². The van der Waals surface area contributed by atoms with E-state index in [4.69, 9.17) is 5.73 Å². The second-order valence-corrected chi connectivity index (χ2v) is 6.25. The number of aromatic nitrogens is 3. The third-order valence-electron chi connectivity index (χ3n) is 4.21. The van der Waals surface area contributed by atoms with Crippen molar-refractivity contribution in [2.24, 2.45) is 0 Å². The zero-order valence-electron chi connectivity index (χ0n) is 15.3. The number of para-hydroxylation sites is 1. The predicted octanol–water partition coefficient (Wildman–Crippen LogP) is 2.43. The van der Waals surface area contributed by atoms with E-state index in [9.17, 15) is 14.9 Å². The summed E-state index contributed by atoms with van der Waals surface area (Å²) in [6.45, 7) is 2.04. The Morgan fingerprint density at radius 2 is 2.04 bits per heavy atom. The highest BCUT2D eigenvalue weighted by atomic mass is 16.6. The first-order chi connectivity index (χ1) is 13.5. The Hall–Kier alpha value is -3.75. The van der Waals surface area contributed by atoms with Gasteiger partial charge in [-0.1, -0.05) is 18.2 Å². The van der Waals surface area contributed by atoms with Crippen molar-refractivity contribution in [3.05, 3.63) is 75.7 Å². The second-order valence-electron chi connectivity index (χ2n) is 6.25. The monoisotopic (exact) mass is 380 g/mol. The molecule has 1 amide bonds. The molecule has 0 saturated carbocycles. The van der Waals surface area contributed by atoms with Gasteiger partial charge in [-0.3, -0.25) is 19.9 Å². The molecule has 0 bridgehead atoms. The summed E-state index contributed by atoms with van der Waals surface area (Å²) in [5.74, 6) is 0.159. The molecule has 0 aliphatic rings. The van der Waals surface area contributed by atoms with E-state index in [0.29, 0.717) is 30.9 Å². The first-order valence-electron chi connectivity index (χ1n) is 8.75. The summed E-state index contributed by atoms with van der Waals surface area (Å²) in [7, 11) is 0. The van der Waals surface area contributed by atoms with Crippen molar-refractivity contribution in [2.45, 2.75) is 19.8 Å². The fourth-order valence-electron chi connectivity index (χ4n) is 2.76. The molecule has 0 radical (unpaired) electrons. The molecule has 3 rings (SSSR count). The van der Waals surface area contributed by atoms with Crippen LogP contribution in [0.5, 0.6) is 0 Å². The number of anilines is 1. The number of amides is 1. The van der Waals surface area contributed by atoms with E-state index in [2.05, 4.69) is 15.4 Å². The molecule has 2 aromatic heterocycles. The van der Waals surface area contributed by atoms with Crippen molar-refractivity contribution >= 4 is 17.4 Å². The first kappa shape index (κ1) is 19.0. The molecule has 3 N–H and O–H groups in total. The Morgan fingerprint density at radius 1 is 1.29 bits per heavy atom. The summed E-state index contributed by atoms with van der Waals surface area (Å²) in [5.41, 5.74) is 8.16. The summed E-state index contributed by atoms with van der Waals surface area (Å²) in [5, 5.41) is 18.1. The molecule has 0 aliphatic heterocycles. The van der Waals surface area contributed by atoms with Gasteiger partial charge in [-0.2, -0.15) is 5.10 Å². The predicted molar refractivity (Wildman–Crippen MR) is 104 cm³/mol. The summed E-state index contributed by atoms with van der Waals surface area (Å²) >= 11 is 0. The Balaban J connectivity index is 1.56. The number of aryl methyl sites for hydroxylation is 2. The number of nitrogens with two attached hydrogens (primary N) is 1. The molecule has 9 nitrogen and oxygen atoms in total. The minimum Gasteiger partial charge on any atom is -0.384 e. The van der Waals surface area contributed by atoms with E-state index in [1.54, 1.807) is 11.6 Å². The van der Waals surface area contributed by atoms with Gasteiger partial charge < -0.3 is 11.1 Å². The topological polar surface area (TPSA) is 129 Å². The normalized spacial score (nSPS) is 10.6. The molecule has 0 aliphatic carbocycles. The number of hydrogen-bond donors (Lipinski definition) is 2. The lowest BCUT2D eigenvalue weighted by molar-refractivity contribution is -0.385. The van der Waals surface area contributed by atoms with Crippen LogP contribution in [0.15, 0.2) is 48.7 Å². The highest BCUT2D eigenvalue weighted by molar-refractivity contribution is 5.95. The van der Waals surface area contributed by atoms with Crippen molar-refractivity contribution in [3.8, 4) is 5.69 Å². The highest BCUT2D eigenvalue weighted by Crippen LogP contribution is 2.16. The van der Waals surface area contributed by atoms with E-state index in [1.807, 2.05) is 36.4 Å². The summed E-state index contributed by atoms with van der Waals surface area (Å²) in [4.78, 5) is 26.5. The maximum Gasteiger partial charge on any atom is 0.288 e. The summed E-state index contributed by atoms with van der Waals surface area (Å²) in [6.07, 6.45) is 2.43. The van der Waals surface area contributed by atoms with Crippen molar-refractivity contribution in [1.29, 1.82) is 0 Å². The molecule has 2 heterocycles. The van der Waals surface area contributed by atoms with Gasteiger partial charge in [0.15, 0.2) is 0 Å². The molecule has 0 saturated heterocycles. The zero-order valence-corrected chi connectivity index (χ0v) is 15.3. The van der Waals surface area contributed by atoms with Crippen molar-refractivity contribution in [3.63, 3.8) is 0 Å². The highest BCUT2D eigenvalue weighted by Gasteiger charge is 2.15. The van der Waals surface area contributed by atoms with Gasteiger partial charge in [-0.05, 0) is 31.9 Å². The molecular weight excluding hydrogens is 360 g/mol. The van der Waals surface area contributed by atoms with Gasteiger partial charge in [-0.25, -0.2) is 4.68 Å². The molecular formula is C19H20N6O3. The largest absolute Gasteiger partial charge is 0.384 e. The molecule has 28 heavy (non-hydrogen) atoms. The Morgan fingerprint density at radius 3 is 2.75 bits per heavy atom. The lowest BCUT2D eigenvalue weighted by Crippen LogP contribution is -2.26. The summed E-state index contributed by atoms with van der Waals surface area (Å²) < 4.78 is 1.67. The molecule has 9 heteroatoms. The maximum atomic E-state index is 12.3. The van der Waals surface area contributed by atoms with E-state index in [-0.39, 0.29) is 17.2 Å². The SMILES string of the molecule is Cc1ncc([N+](=O)[O-])cc1C(=O)NCCCc1cc(N)n(-c2ccccc2)n1. The second kappa shape index (κ2) is 8.30. The van der Waals surface area contributed by atoms with Crippen LogP contribution >= 0.6 is 0 Å². The fourth-order valence-corrected chi connectivity index (χ4v) is 2.76. The van der Waals surface area contributed by atoms with E-state index in [0.717, 1.165) is 17.6 Å². The van der Waals surface area contributed by atoms with Crippen LogP contribution in [0, 0.1) is 17.0 Å². The van der Waals surface area contributed by atoms with Gasteiger partial charge in [0.25, 0.3) is 11.6 Å². The number of hydrogen-bond acceptors (Lipinski definition) is 6. The standard InChI is InChI=1S/C19H20N6O3/c1-13-17(11-16(12-22-13)25(27)28)19(26)21-9-5-6-14-10-18(20)24(23-14)15-7-3-2-4-8-15/h2-4,7-8,10-12H,5-6,9,20H2,1H3,(H,21,26). The smallest absolute Gasteiger partial charge is 0.288 e. The van der Waals surface area contributed by atoms with Crippen LogP contribution in [0.1, 0.15) is 28.2 Å². The van der Waals surface area contributed by atoms with Crippen LogP contribution in [0.4, 0.5) is 11.5 Å². The van der Waals surface area contributed by atoms with Crippen molar-refractivity contribution < 1.29 is 9.72 Å². The molecule has 0 unspecified atom stereocenters. The van der Waals surface area contributed by atoms with E-state index in [1.165, 1.54) is 6.07 Å². The Labute approximate surface area is 161 Å². The van der Waals surface area contributed by atoms with Crippen LogP contribution in [-0.4, -0.2) is 32.1 Å². The molecule has 0 atom stereocenters. The number of benzene rings is 1. The quantitative estimate of drug-likeness (QED) is 0.368. The lowest BCUT2D eigenvalue weighted by atomic mass is 10.1. The number of nitro groups is 1. The van der Waals surface area contributed by atoms with Gasteiger partial charge in [0.05, 0.1) is 27.6 Å². The average molecular weight is 380 g/mol. The number of rotatable bonds is 7. The van der Waals surface area contributed by atoms with E-state index < -0.39 is 4.92 Å². The van der Waals surface area contributed by atoms with Crippen LogP contribution in [0.25, 0.3) is 5.69 Å². The molecule has 3 aromatic rings. The minimum atomic E-state index is -0.573. The molecule has 144 valence electrons. The number of pyridine rings is 1. The minimum absolute atomic E-state index is 0.201. The van der Waals surface area contributed by atoms with Crippen molar-refractivity contribution in [1.82, 2.24) is 20.1 Å². The third-order valence-corrected chi connectivity index (χ3v) is 4.21. The van der Waals surface area contributed by atoms with Gasteiger partial charge >= 0.3 is 0 Å². The van der Waals surface area contributed by atoms with Crippen LogP contribution in [0.3, 0.4) is 0 Å². The summed E-state index contributed by atoms with van der Waals surface area (Å²) in [6, 6.07) is 12.6. The van der Waals surface area contributed by atoms with Crippen LogP contribution in [-0.2, 0) is 6.42 Å². The van der Waals surface area contributed by atoms with Gasteiger partial charge in [0.2, 0.25) is 0 Å². The fraction of sp³-hybridized carbons (Fsp3) is 0.211. The Kier molecular flexibility index (Phi) is 5.64. The third kappa shape index (κ3) is 4.32. The maximum absolute atomic E-state index is 12.3. The number of carbonyl (C=O) groups excluding carboxylic acids is 1. The Bertz CT molecular complexity index is 1000. The van der Waals surface area contributed by atoms with Crippen LogP contribution < -0.4 is 11.1 Å². The van der Waals surface area contributed by atoms with Crippen LogP contribution in [0.2, 0.25) is 0 Å². The molecule has 1 aromatic carbocycles. The number of nitrogen functional groups attached to an aromatic ring is 1. The zero-order chi connectivity index (χ0) is 20.1. The number of nitrogens with one attached hydrogen (secondary N) is 1. The molecule has 0 spiro atoms. The van der Waals surface area contributed by atoms with Gasteiger partial charge in [-0.15, -0.1) is 0 Å². The number of nitrogens with zero attached hydrogens (tertiary/aromatic N) is 4. The average Bonchev–Trinajstić information content (AvgIpc) is 3.06. The van der Waals surface area contributed by atoms with E-state index >= 15 is 0 Å². The molecule has 0 fully saturated rings. The number of carbonyl (C=O) groups is 1. The first-order valence-corrected chi connectivity index (χ1v) is 8.75. The van der Waals surface area contributed by atoms with Gasteiger partial charge in [0, 0.05) is 18.7 Å².